The topological polar surface area (TPSA) is 20.2 Å². The first-order valence-electron chi connectivity index (χ1n) is 5.51. The van der Waals surface area contributed by atoms with Crippen LogP contribution in [0.25, 0.3) is 10.6 Å². The molecule has 2 aromatic carbocycles. The third kappa shape index (κ3) is 1.74. The summed E-state index contributed by atoms with van der Waals surface area (Å²) in [4.78, 5) is 0. The molecule has 0 saturated carbocycles. The van der Waals surface area contributed by atoms with Gasteiger partial charge in [0.1, 0.15) is 6.10 Å². The third-order valence-corrected chi connectivity index (χ3v) is 3.74. The van der Waals surface area contributed by atoms with Crippen LogP contribution in [0.15, 0.2) is 48.5 Å². The maximum atomic E-state index is 10.5. The molecule has 0 spiro atoms. The molecular formula is C15H11BrO. The molecule has 0 bridgehead atoms. The average molecular weight is 287 g/mol. The highest BCUT2D eigenvalue weighted by molar-refractivity contribution is 9.15. The first kappa shape index (κ1) is 10.8. The van der Waals surface area contributed by atoms with E-state index in [-0.39, 0.29) is 0 Å². The van der Waals surface area contributed by atoms with E-state index in [2.05, 4.69) is 22.0 Å². The van der Waals surface area contributed by atoms with Crippen molar-refractivity contribution >= 4 is 26.5 Å². The van der Waals surface area contributed by atoms with Crippen LogP contribution in [-0.2, 0) is 0 Å². The van der Waals surface area contributed by atoms with Gasteiger partial charge in [0.25, 0.3) is 0 Å². The Morgan fingerprint density at radius 3 is 2.35 bits per heavy atom. The van der Waals surface area contributed by atoms with Gasteiger partial charge in [0.05, 0.1) is 0 Å². The van der Waals surface area contributed by atoms with E-state index in [9.17, 15) is 5.11 Å². The van der Waals surface area contributed by atoms with Crippen LogP contribution in [0, 0.1) is 0 Å². The largest absolute Gasteiger partial charge is 0.384 e. The number of hydrogen-bond acceptors (Lipinski definition) is 1. The Morgan fingerprint density at radius 2 is 1.53 bits per heavy atom. The number of rotatable bonds is 0. The zero-order chi connectivity index (χ0) is 11.8. The molecule has 1 N–H and O–H groups in total. The van der Waals surface area contributed by atoms with E-state index < -0.39 is 6.10 Å². The van der Waals surface area contributed by atoms with Gasteiger partial charge in [-0.1, -0.05) is 64.5 Å². The van der Waals surface area contributed by atoms with Crippen LogP contribution in [0.5, 0.6) is 0 Å². The minimum Gasteiger partial charge on any atom is -0.384 e. The molecule has 0 aromatic heterocycles. The maximum absolute atomic E-state index is 10.5. The molecule has 1 aliphatic rings. The van der Waals surface area contributed by atoms with Crippen molar-refractivity contribution in [2.45, 2.75) is 6.10 Å². The van der Waals surface area contributed by atoms with Gasteiger partial charge in [-0.2, -0.15) is 0 Å². The number of aliphatic hydroxyl groups excluding tert-OH is 1. The van der Waals surface area contributed by atoms with E-state index in [0.717, 1.165) is 26.7 Å². The van der Waals surface area contributed by atoms with Crippen molar-refractivity contribution in [2.75, 3.05) is 0 Å². The number of aliphatic hydroxyl groups is 1. The molecular weight excluding hydrogens is 276 g/mol. The zero-order valence-electron chi connectivity index (χ0n) is 9.10. The van der Waals surface area contributed by atoms with Crippen LogP contribution in [0.4, 0.5) is 0 Å². The Balaban J connectivity index is 2.32. The SMILES string of the molecule is OC1c2ccccc2C=C(Br)c2ccccc21. The summed E-state index contributed by atoms with van der Waals surface area (Å²) in [5.74, 6) is 0. The van der Waals surface area contributed by atoms with Gasteiger partial charge in [-0.3, -0.25) is 0 Å². The Bertz CT molecular complexity index is 601. The highest BCUT2D eigenvalue weighted by Gasteiger charge is 2.20. The lowest BCUT2D eigenvalue weighted by molar-refractivity contribution is 0.220. The van der Waals surface area contributed by atoms with E-state index in [4.69, 9.17) is 0 Å². The summed E-state index contributed by atoms with van der Waals surface area (Å²) in [6, 6.07) is 15.9. The second-order valence-corrected chi connectivity index (χ2v) is 4.97. The van der Waals surface area contributed by atoms with Gasteiger partial charge in [0.15, 0.2) is 0 Å². The molecule has 2 aromatic rings. The molecule has 0 aliphatic heterocycles. The van der Waals surface area contributed by atoms with Gasteiger partial charge in [0, 0.05) is 4.48 Å². The van der Waals surface area contributed by atoms with Gasteiger partial charge < -0.3 is 5.11 Å². The normalized spacial score (nSPS) is 17.8. The minimum atomic E-state index is -0.561. The van der Waals surface area contributed by atoms with E-state index in [1.54, 1.807) is 0 Å². The third-order valence-electron chi connectivity index (χ3n) is 3.09. The van der Waals surface area contributed by atoms with Gasteiger partial charge in [-0.15, -0.1) is 0 Å². The lowest BCUT2D eigenvalue weighted by atomic mass is 9.97. The summed E-state index contributed by atoms with van der Waals surface area (Å²) in [5, 5.41) is 10.5. The Hall–Kier alpha value is -1.38. The molecule has 84 valence electrons. The fraction of sp³-hybridized carbons (Fsp3) is 0.0667. The molecule has 1 unspecified atom stereocenters. The highest BCUT2D eigenvalue weighted by atomic mass is 79.9. The quantitative estimate of drug-likeness (QED) is 0.777. The number of hydrogen-bond donors (Lipinski definition) is 1. The van der Waals surface area contributed by atoms with Gasteiger partial charge in [-0.25, -0.2) is 0 Å². The monoisotopic (exact) mass is 286 g/mol. The van der Waals surface area contributed by atoms with Gasteiger partial charge in [-0.05, 0) is 28.3 Å². The molecule has 0 fully saturated rings. The first-order valence-corrected chi connectivity index (χ1v) is 6.30. The van der Waals surface area contributed by atoms with Crippen LogP contribution in [0.1, 0.15) is 28.4 Å². The average Bonchev–Trinajstić information content (AvgIpc) is 2.48. The van der Waals surface area contributed by atoms with Crippen LogP contribution >= 0.6 is 15.9 Å². The standard InChI is InChI=1S/C15H11BrO/c16-14-9-10-5-1-2-6-11(10)15(17)13-8-4-3-7-12(13)14/h1-9,15,17H. The van der Waals surface area contributed by atoms with Crippen LogP contribution < -0.4 is 0 Å². The molecule has 1 nitrogen and oxygen atoms in total. The van der Waals surface area contributed by atoms with Gasteiger partial charge in [0.2, 0.25) is 0 Å². The van der Waals surface area contributed by atoms with Crippen molar-refractivity contribution < 1.29 is 5.11 Å². The number of benzene rings is 2. The molecule has 0 saturated heterocycles. The maximum Gasteiger partial charge on any atom is 0.105 e. The molecule has 1 atom stereocenters. The van der Waals surface area contributed by atoms with Crippen molar-refractivity contribution in [1.82, 2.24) is 0 Å². The minimum absolute atomic E-state index is 0.561. The van der Waals surface area contributed by atoms with Crippen molar-refractivity contribution in [3.8, 4) is 0 Å². The van der Waals surface area contributed by atoms with Crippen molar-refractivity contribution in [3.05, 3.63) is 70.8 Å². The van der Waals surface area contributed by atoms with Crippen LogP contribution in [0.3, 0.4) is 0 Å². The number of fused-ring (bicyclic) bond motifs is 2. The van der Waals surface area contributed by atoms with E-state index >= 15 is 0 Å². The molecule has 0 heterocycles. The summed E-state index contributed by atoms with van der Waals surface area (Å²) in [5.41, 5.74) is 4.01. The zero-order valence-corrected chi connectivity index (χ0v) is 10.7. The fourth-order valence-corrected chi connectivity index (χ4v) is 2.83. The summed E-state index contributed by atoms with van der Waals surface area (Å²) < 4.78 is 1.01. The van der Waals surface area contributed by atoms with E-state index in [1.165, 1.54) is 0 Å². The fourth-order valence-electron chi connectivity index (χ4n) is 2.23. The van der Waals surface area contributed by atoms with Crippen molar-refractivity contribution in [2.24, 2.45) is 0 Å². The summed E-state index contributed by atoms with van der Waals surface area (Å²) >= 11 is 3.58. The molecule has 1 aliphatic carbocycles. The van der Waals surface area contributed by atoms with E-state index in [0.29, 0.717) is 0 Å². The van der Waals surface area contributed by atoms with Crippen LogP contribution in [-0.4, -0.2) is 5.11 Å². The Labute approximate surface area is 109 Å². The predicted octanol–water partition coefficient (Wildman–Crippen LogP) is 3.97. The summed E-state index contributed by atoms with van der Waals surface area (Å²) in [7, 11) is 0. The van der Waals surface area contributed by atoms with Gasteiger partial charge >= 0.3 is 0 Å². The second kappa shape index (κ2) is 4.13. The lowest BCUT2D eigenvalue weighted by Gasteiger charge is -2.14. The van der Waals surface area contributed by atoms with Crippen molar-refractivity contribution in [1.29, 1.82) is 0 Å². The molecule has 17 heavy (non-hydrogen) atoms. The molecule has 2 heteroatoms. The first-order chi connectivity index (χ1) is 8.27. The summed E-state index contributed by atoms with van der Waals surface area (Å²) in [6.45, 7) is 0. The lowest BCUT2D eigenvalue weighted by Crippen LogP contribution is -2.02. The summed E-state index contributed by atoms with van der Waals surface area (Å²) in [6.07, 6.45) is 1.50. The Morgan fingerprint density at radius 1 is 0.882 bits per heavy atom. The van der Waals surface area contributed by atoms with Crippen molar-refractivity contribution in [3.63, 3.8) is 0 Å². The molecule has 0 amide bonds. The second-order valence-electron chi connectivity index (χ2n) is 4.11. The molecule has 3 rings (SSSR count). The highest BCUT2D eigenvalue weighted by Crippen LogP contribution is 2.38. The molecule has 0 radical (unpaired) electrons. The Kier molecular flexibility index (Phi) is 2.61. The van der Waals surface area contributed by atoms with E-state index in [1.807, 2.05) is 48.5 Å². The smallest absolute Gasteiger partial charge is 0.105 e. The van der Waals surface area contributed by atoms with Crippen LogP contribution in [0.2, 0.25) is 0 Å². The number of halogens is 1. The predicted molar refractivity (Wildman–Crippen MR) is 73.7 cm³/mol.